The van der Waals surface area contributed by atoms with Crippen LogP contribution in [0, 0.1) is 5.82 Å². The zero-order chi connectivity index (χ0) is 16.6. The van der Waals surface area contributed by atoms with Crippen LogP contribution in [-0.2, 0) is 4.79 Å². The van der Waals surface area contributed by atoms with Crippen LogP contribution in [0.2, 0.25) is 5.02 Å². The van der Waals surface area contributed by atoms with E-state index in [4.69, 9.17) is 11.6 Å². The lowest BCUT2D eigenvalue weighted by Crippen LogP contribution is -2.20. The van der Waals surface area contributed by atoms with Crippen LogP contribution in [0.4, 0.5) is 10.1 Å². The van der Waals surface area contributed by atoms with Gasteiger partial charge in [0.1, 0.15) is 11.5 Å². The molecule has 0 bridgehead atoms. The van der Waals surface area contributed by atoms with Crippen molar-refractivity contribution < 1.29 is 14.3 Å². The predicted molar refractivity (Wildman–Crippen MR) is 90.5 cm³/mol. The highest BCUT2D eigenvalue weighted by Gasteiger charge is 2.34. The molecule has 118 valence electrons. The van der Waals surface area contributed by atoms with E-state index in [0.717, 1.165) is 0 Å². The number of carbonyl (C=O) groups is 1. The summed E-state index contributed by atoms with van der Waals surface area (Å²) in [5, 5.41) is 15.3. The van der Waals surface area contributed by atoms with Gasteiger partial charge in [0.2, 0.25) is 0 Å². The largest absolute Gasteiger partial charge is 0.477 e. The summed E-state index contributed by atoms with van der Waals surface area (Å²) in [7, 11) is 0. The second-order valence-electron chi connectivity index (χ2n) is 5.03. The number of hydrogen-bond donors (Lipinski definition) is 1. The summed E-state index contributed by atoms with van der Waals surface area (Å²) in [5.41, 5.74) is 0.878. The lowest BCUT2D eigenvalue weighted by molar-refractivity contribution is -0.129. The Kier molecular flexibility index (Phi) is 4.37. The van der Waals surface area contributed by atoms with Crippen molar-refractivity contribution in [3.05, 3.63) is 63.3 Å². The highest BCUT2D eigenvalue weighted by Crippen LogP contribution is 2.39. The molecule has 1 atom stereocenters. The molecule has 4 nitrogen and oxygen atoms in total. The molecule has 2 aromatic carbocycles. The van der Waals surface area contributed by atoms with E-state index < -0.39 is 17.8 Å². The number of rotatable bonds is 3. The Bertz CT molecular complexity index is 812. The first-order valence-electron chi connectivity index (χ1n) is 6.77. The van der Waals surface area contributed by atoms with Gasteiger partial charge in [0.25, 0.3) is 0 Å². The number of nitrogens with zero attached hydrogens (tertiary/aromatic N) is 2. The quantitative estimate of drug-likeness (QED) is 0.821. The average Bonchev–Trinajstić information content (AvgIpc) is 2.92. The Labute approximate surface area is 145 Å². The number of anilines is 1. The Morgan fingerprint density at radius 3 is 2.74 bits per heavy atom. The van der Waals surface area contributed by atoms with Crippen LogP contribution in [0.1, 0.15) is 18.0 Å². The van der Waals surface area contributed by atoms with E-state index in [-0.39, 0.29) is 12.1 Å². The Morgan fingerprint density at radius 1 is 1.35 bits per heavy atom. The minimum atomic E-state index is -1.12. The maximum absolute atomic E-state index is 14.3. The summed E-state index contributed by atoms with van der Waals surface area (Å²) in [6, 6.07) is 11.0. The van der Waals surface area contributed by atoms with Gasteiger partial charge in [-0.2, -0.15) is 5.10 Å². The van der Waals surface area contributed by atoms with Gasteiger partial charge in [0.15, 0.2) is 0 Å². The van der Waals surface area contributed by atoms with Gasteiger partial charge in [-0.3, -0.25) is 5.01 Å². The van der Waals surface area contributed by atoms with Crippen LogP contribution >= 0.6 is 27.5 Å². The van der Waals surface area contributed by atoms with Crippen LogP contribution in [0.25, 0.3) is 0 Å². The summed E-state index contributed by atoms with van der Waals surface area (Å²) in [6.07, 6.45) is 0.0963. The predicted octanol–water partition coefficient (Wildman–Crippen LogP) is 4.63. The third-order valence-corrected chi connectivity index (χ3v) is 4.39. The highest BCUT2D eigenvalue weighted by atomic mass is 79.9. The first-order valence-corrected chi connectivity index (χ1v) is 7.94. The van der Waals surface area contributed by atoms with Crippen molar-refractivity contribution in [1.82, 2.24) is 0 Å². The van der Waals surface area contributed by atoms with Crippen molar-refractivity contribution in [1.29, 1.82) is 0 Å². The van der Waals surface area contributed by atoms with Gasteiger partial charge in [-0.1, -0.05) is 45.7 Å². The molecule has 0 spiro atoms. The molecule has 7 heteroatoms. The number of carboxylic acids is 1. The lowest BCUT2D eigenvalue weighted by Gasteiger charge is -2.25. The van der Waals surface area contributed by atoms with Crippen LogP contribution in [0.3, 0.4) is 0 Å². The second kappa shape index (κ2) is 6.29. The van der Waals surface area contributed by atoms with E-state index in [1.807, 2.05) is 0 Å². The molecule has 1 N–H and O–H groups in total. The fraction of sp³-hybridized carbons (Fsp3) is 0.125. The molecule has 1 aliphatic rings. The van der Waals surface area contributed by atoms with E-state index in [0.29, 0.717) is 20.7 Å². The van der Waals surface area contributed by atoms with Gasteiger partial charge in [-0.15, -0.1) is 0 Å². The molecule has 0 radical (unpaired) electrons. The van der Waals surface area contributed by atoms with Gasteiger partial charge in [0.05, 0.1) is 16.8 Å². The molecule has 1 heterocycles. The maximum Gasteiger partial charge on any atom is 0.352 e. The fourth-order valence-corrected chi connectivity index (χ4v) is 3.07. The summed E-state index contributed by atoms with van der Waals surface area (Å²) < 4.78 is 14.9. The standard InChI is InChI=1S/C16H11BrClFN2O2/c17-9-5-6-10(12(19)7-9)15-8-13(16(22)23)20-21(15)14-4-2-1-3-11(14)18/h1-7,15H,8H2,(H,22,23). The molecule has 0 saturated carbocycles. The number of halogens is 3. The molecular weight excluding hydrogens is 387 g/mol. The van der Waals surface area contributed by atoms with Gasteiger partial charge < -0.3 is 5.11 Å². The Balaban J connectivity index is 2.08. The van der Waals surface area contributed by atoms with E-state index in [1.54, 1.807) is 36.4 Å². The van der Waals surface area contributed by atoms with Crippen molar-refractivity contribution in [3.63, 3.8) is 0 Å². The van der Waals surface area contributed by atoms with Crippen molar-refractivity contribution >= 4 is 44.9 Å². The van der Waals surface area contributed by atoms with E-state index in [2.05, 4.69) is 21.0 Å². The lowest BCUT2D eigenvalue weighted by atomic mass is 10.0. The molecule has 1 aliphatic heterocycles. The second-order valence-corrected chi connectivity index (χ2v) is 6.36. The van der Waals surface area contributed by atoms with Crippen molar-refractivity contribution in [2.24, 2.45) is 5.10 Å². The van der Waals surface area contributed by atoms with Gasteiger partial charge in [-0.25, -0.2) is 9.18 Å². The molecule has 3 rings (SSSR count). The molecule has 1 unspecified atom stereocenters. The number of hydrazone groups is 1. The Morgan fingerprint density at radius 2 is 2.09 bits per heavy atom. The summed E-state index contributed by atoms with van der Waals surface area (Å²) in [5.74, 6) is -1.55. The van der Waals surface area contributed by atoms with Crippen LogP contribution < -0.4 is 5.01 Å². The van der Waals surface area contributed by atoms with Crippen LogP contribution in [0.15, 0.2) is 52.0 Å². The normalized spacial score (nSPS) is 17.3. The van der Waals surface area contributed by atoms with Gasteiger partial charge in [0, 0.05) is 16.5 Å². The zero-order valence-corrected chi connectivity index (χ0v) is 14.1. The van der Waals surface area contributed by atoms with Crippen molar-refractivity contribution in [3.8, 4) is 0 Å². The molecule has 2 aromatic rings. The van der Waals surface area contributed by atoms with Crippen molar-refractivity contribution in [2.45, 2.75) is 12.5 Å². The topological polar surface area (TPSA) is 52.9 Å². The van der Waals surface area contributed by atoms with Crippen molar-refractivity contribution in [2.75, 3.05) is 5.01 Å². The third kappa shape index (κ3) is 3.09. The maximum atomic E-state index is 14.3. The monoisotopic (exact) mass is 396 g/mol. The highest BCUT2D eigenvalue weighted by molar-refractivity contribution is 9.10. The molecule has 0 amide bonds. The minimum Gasteiger partial charge on any atom is -0.477 e. The summed E-state index contributed by atoms with van der Waals surface area (Å²) in [6.45, 7) is 0. The molecule has 0 aliphatic carbocycles. The van der Waals surface area contributed by atoms with Gasteiger partial charge in [-0.05, 0) is 24.3 Å². The first-order chi connectivity index (χ1) is 11.0. The smallest absolute Gasteiger partial charge is 0.352 e. The average molecular weight is 398 g/mol. The summed E-state index contributed by atoms with van der Waals surface area (Å²) in [4.78, 5) is 11.3. The molecule has 23 heavy (non-hydrogen) atoms. The third-order valence-electron chi connectivity index (χ3n) is 3.58. The van der Waals surface area contributed by atoms with Gasteiger partial charge >= 0.3 is 5.97 Å². The van der Waals surface area contributed by atoms with E-state index >= 15 is 0 Å². The molecule has 0 saturated heterocycles. The number of carboxylic acid groups (broad SMARTS) is 1. The Hall–Kier alpha value is -1.92. The molecule has 0 fully saturated rings. The SMILES string of the molecule is O=C(O)C1=NN(c2ccccc2Cl)C(c2ccc(Br)cc2F)C1. The van der Waals surface area contributed by atoms with Crippen LogP contribution in [-0.4, -0.2) is 16.8 Å². The number of benzene rings is 2. The first kappa shape index (κ1) is 16.0. The number of aliphatic carboxylic acids is 1. The number of para-hydroxylation sites is 1. The zero-order valence-electron chi connectivity index (χ0n) is 11.7. The number of hydrogen-bond acceptors (Lipinski definition) is 3. The molecular formula is C16H11BrClFN2O2. The van der Waals surface area contributed by atoms with E-state index in [1.165, 1.54) is 11.1 Å². The summed E-state index contributed by atoms with van der Waals surface area (Å²) >= 11 is 9.40. The van der Waals surface area contributed by atoms with Crippen LogP contribution in [0.5, 0.6) is 0 Å². The van der Waals surface area contributed by atoms with E-state index in [9.17, 15) is 14.3 Å². The fourth-order valence-electron chi connectivity index (χ4n) is 2.51. The minimum absolute atomic E-state index is 0.0303. The molecule has 0 aromatic heterocycles.